The Morgan fingerprint density at radius 1 is 1.37 bits per heavy atom. The molecule has 0 saturated heterocycles. The van der Waals surface area contributed by atoms with Gasteiger partial charge in [-0.3, -0.25) is 4.98 Å². The largest absolute Gasteiger partial charge is 0.417 e. The number of hydrogen-bond donors (Lipinski definition) is 2. The van der Waals surface area contributed by atoms with Gasteiger partial charge in [-0.15, -0.1) is 0 Å². The molecule has 3 rings (SSSR count). The van der Waals surface area contributed by atoms with Gasteiger partial charge in [0.15, 0.2) is 5.58 Å². The van der Waals surface area contributed by atoms with Gasteiger partial charge in [0, 0.05) is 6.04 Å². The van der Waals surface area contributed by atoms with Gasteiger partial charge in [0.2, 0.25) is 0 Å². The molecule has 0 radical (unpaired) electrons. The number of fused-ring (bicyclic) bond motifs is 1. The molecule has 1 atom stereocenters. The van der Waals surface area contributed by atoms with Crippen LogP contribution in [0.25, 0.3) is 11.1 Å². The van der Waals surface area contributed by atoms with Crippen molar-refractivity contribution in [2.75, 3.05) is 0 Å². The molecule has 1 fully saturated rings. The first-order valence-corrected chi connectivity index (χ1v) is 7.11. The zero-order chi connectivity index (χ0) is 13.2. The lowest BCUT2D eigenvalue weighted by Crippen LogP contribution is -2.11. The van der Waals surface area contributed by atoms with E-state index in [4.69, 9.17) is 10.2 Å². The SMILES string of the molecule is NC(CCC1CCCC1)c1ccc2[nH]c(=O)oc2c1. The molecule has 0 spiro atoms. The van der Waals surface area contributed by atoms with Crippen LogP contribution in [0.4, 0.5) is 0 Å². The fourth-order valence-electron chi connectivity index (χ4n) is 3.07. The Hall–Kier alpha value is -1.55. The molecule has 1 unspecified atom stereocenters. The third-order valence-corrected chi connectivity index (χ3v) is 4.23. The maximum absolute atomic E-state index is 11.1. The van der Waals surface area contributed by atoms with E-state index in [1.165, 1.54) is 32.1 Å². The zero-order valence-corrected chi connectivity index (χ0v) is 11.0. The molecule has 1 heterocycles. The van der Waals surface area contributed by atoms with Crippen molar-refractivity contribution < 1.29 is 4.42 Å². The summed E-state index contributed by atoms with van der Waals surface area (Å²) in [5.74, 6) is 0.451. The van der Waals surface area contributed by atoms with Gasteiger partial charge >= 0.3 is 5.76 Å². The molecule has 4 nitrogen and oxygen atoms in total. The first-order chi connectivity index (χ1) is 9.22. The standard InChI is InChI=1S/C15H20N2O2/c16-12(7-5-10-3-1-2-4-10)11-6-8-13-14(9-11)19-15(18)17-13/h6,8-10,12H,1-5,7,16H2,(H,17,18). The zero-order valence-electron chi connectivity index (χ0n) is 11.0. The summed E-state index contributed by atoms with van der Waals surface area (Å²) in [5, 5.41) is 0. The predicted octanol–water partition coefficient (Wildman–Crippen LogP) is 3.09. The molecule has 19 heavy (non-hydrogen) atoms. The highest BCUT2D eigenvalue weighted by atomic mass is 16.4. The minimum atomic E-state index is -0.410. The molecular formula is C15H20N2O2. The van der Waals surface area contributed by atoms with Crippen molar-refractivity contribution in [3.05, 3.63) is 34.3 Å². The molecule has 0 amide bonds. The Balaban J connectivity index is 1.69. The van der Waals surface area contributed by atoms with Gasteiger partial charge < -0.3 is 10.2 Å². The van der Waals surface area contributed by atoms with E-state index in [0.29, 0.717) is 5.58 Å². The lowest BCUT2D eigenvalue weighted by Gasteiger charge is -2.14. The Bertz CT molecular complexity index is 608. The molecule has 102 valence electrons. The van der Waals surface area contributed by atoms with Crippen LogP contribution in [0.3, 0.4) is 0 Å². The van der Waals surface area contributed by atoms with Crippen molar-refractivity contribution in [1.82, 2.24) is 4.98 Å². The van der Waals surface area contributed by atoms with E-state index in [9.17, 15) is 4.79 Å². The normalized spacial score (nSPS) is 18.2. The van der Waals surface area contributed by atoms with Crippen LogP contribution in [-0.4, -0.2) is 4.98 Å². The number of aromatic amines is 1. The van der Waals surface area contributed by atoms with Crippen molar-refractivity contribution in [3.8, 4) is 0 Å². The molecular weight excluding hydrogens is 240 g/mol. The van der Waals surface area contributed by atoms with E-state index in [0.717, 1.165) is 23.4 Å². The second-order valence-corrected chi connectivity index (χ2v) is 5.60. The van der Waals surface area contributed by atoms with Crippen LogP contribution >= 0.6 is 0 Å². The number of oxazole rings is 1. The summed E-state index contributed by atoms with van der Waals surface area (Å²) < 4.78 is 5.07. The monoisotopic (exact) mass is 260 g/mol. The summed E-state index contributed by atoms with van der Waals surface area (Å²) in [7, 11) is 0. The average molecular weight is 260 g/mol. The number of benzene rings is 1. The van der Waals surface area contributed by atoms with E-state index in [1.807, 2.05) is 18.2 Å². The fourth-order valence-corrected chi connectivity index (χ4v) is 3.07. The summed E-state index contributed by atoms with van der Waals surface area (Å²) in [6.45, 7) is 0. The van der Waals surface area contributed by atoms with Crippen LogP contribution in [0.1, 0.15) is 50.1 Å². The van der Waals surface area contributed by atoms with Gasteiger partial charge in [-0.1, -0.05) is 31.7 Å². The second-order valence-electron chi connectivity index (χ2n) is 5.60. The number of nitrogens with two attached hydrogens (primary N) is 1. The van der Waals surface area contributed by atoms with Crippen LogP contribution < -0.4 is 11.5 Å². The predicted molar refractivity (Wildman–Crippen MR) is 75.0 cm³/mol. The van der Waals surface area contributed by atoms with Gasteiger partial charge in [0.05, 0.1) is 5.52 Å². The maximum atomic E-state index is 11.1. The number of rotatable bonds is 4. The minimum Gasteiger partial charge on any atom is -0.408 e. The maximum Gasteiger partial charge on any atom is 0.417 e. The number of nitrogens with one attached hydrogen (secondary N) is 1. The van der Waals surface area contributed by atoms with Crippen molar-refractivity contribution in [2.24, 2.45) is 11.7 Å². The minimum absolute atomic E-state index is 0.0326. The van der Waals surface area contributed by atoms with Crippen molar-refractivity contribution in [3.63, 3.8) is 0 Å². The quantitative estimate of drug-likeness (QED) is 0.887. The third-order valence-electron chi connectivity index (χ3n) is 4.23. The molecule has 1 aromatic carbocycles. The summed E-state index contributed by atoms with van der Waals surface area (Å²) in [4.78, 5) is 13.8. The highest BCUT2D eigenvalue weighted by molar-refractivity contribution is 5.72. The first kappa shape index (κ1) is 12.5. The molecule has 1 aliphatic carbocycles. The first-order valence-electron chi connectivity index (χ1n) is 7.11. The third kappa shape index (κ3) is 2.73. The van der Waals surface area contributed by atoms with Crippen LogP contribution in [0, 0.1) is 5.92 Å². The second kappa shape index (κ2) is 5.21. The summed E-state index contributed by atoms with van der Waals surface area (Å²) >= 11 is 0. The Morgan fingerprint density at radius 2 is 2.16 bits per heavy atom. The van der Waals surface area contributed by atoms with E-state index >= 15 is 0 Å². The molecule has 1 aromatic heterocycles. The Morgan fingerprint density at radius 3 is 2.95 bits per heavy atom. The Kier molecular flexibility index (Phi) is 3.42. The summed E-state index contributed by atoms with van der Waals surface area (Å²) in [6, 6.07) is 5.76. The highest BCUT2D eigenvalue weighted by Crippen LogP contribution is 2.31. The molecule has 0 aliphatic heterocycles. The van der Waals surface area contributed by atoms with Crippen molar-refractivity contribution in [1.29, 1.82) is 0 Å². The molecule has 1 aliphatic rings. The fraction of sp³-hybridized carbons (Fsp3) is 0.533. The molecule has 2 aromatic rings. The highest BCUT2D eigenvalue weighted by Gasteiger charge is 2.17. The smallest absolute Gasteiger partial charge is 0.408 e. The van der Waals surface area contributed by atoms with Gasteiger partial charge in [0.25, 0.3) is 0 Å². The van der Waals surface area contributed by atoms with E-state index in [-0.39, 0.29) is 6.04 Å². The van der Waals surface area contributed by atoms with Crippen LogP contribution in [-0.2, 0) is 0 Å². The Labute approximate surface area is 112 Å². The van der Waals surface area contributed by atoms with E-state index in [2.05, 4.69) is 4.98 Å². The van der Waals surface area contributed by atoms with Crippen LogP contribution in [0.2, 0.25) is 0 Å². The molecule has 1 saturated carbocycles. The lowest BCUT2D eigenvalue weighted by molar-refractivity contribution is 0.454. The van der Waals surface area contributed by atoms with Crippen LogP contribution in [0.15, 0.2) is 27.4 Å². The van der Waals surface area contributed by atoms with Gasteiger partial charge in [-0.2, -0.15) is 0 Å². The van der Waals surface area contributed by atoms with Crippen LogP contribution in [0.5, 0.6) is 0 Å². The van der Waals surface area contributed by atoms with Crippen molar-refractivity contribution in [2.45, 2.75) is 44.6 Å². The van der Waals surface area contributed by atoms with Gasteiger partial charge in [-0.25, -0.2) is 4.79 Å². The summed E-state index contributed by atoms with van der Waals surface area (Å²) in [5.41, 5.74) is 8.62. The topological polar surface area (TPSA) is 72.0 Å². The van der Waals surface area contributed by atoms with E-state index < -0.39 is 5.76 Å². The van der Waals surface area contributed by atoms with Gasteiger partial charge in [0.1, 0.15) is 0 Å². The molecule has 0 bridgehead atoms. The average Bonchev–Trinajstić information content (AvgIpc) is 3.02. The number of aromatic nitrogens is 1. The molecule has 4 heteroatoms. The summed E-state index contributed by atoms with van der Waals surface area (Å²) in [6.07, 6.45) is 7.68. The van der Waals surface area contributed by atoms with Gasteiger partial charge in [-0.05, 0) is 36.5 Å². The van der Waals surface area contributed by atoms with E-state index in [1.54, 1.807) is 0 Å². The lowest BCUT2D eigenvalue weighted by atomic mass is 9.95. The molecule has 3 N–H and O–H groups in total. The number of H-pyrrole nitrogens is 1. The van der Waals surface area contributed by atoms with Crippen molar-refractivity contribution >= 4 is 11.1 Å². The number of hydrogen-bond acceptors (Lipinski definition) is 3.